The molecule has 1 saturated heterocycles. The molecule has 1 saturated carbocycles. The second-order valence-electron chi connectivity index (χ2n) is 7.99. The molecule has 0 unspecified atom stereocenters. The highest BCUT2D eigenvalue weighted by molar-refractivity contribution is 5.69. The van der Waals surface area contributed by atoms with Gasteiger partial charge in [-0.05, 0) is 31.7 Å². The monoisotopic (exact) mass is 378 g/mol. The topological polar surface area (TPSA) is 74.5 Å². The van der Waals surface area contributed by atoms with Crippen molar-refractivity contribution in [1.82, 2.24) is 24.6 Å². The van der Waals surface area contributed by atoms with Gasteiger partial charge in [0.1, 0.15) is 23.5 Å². The van der Waals surface area contributed by atoms with Crippen molar-refractivity contribution in [2.75, 3.05) is 42.3 Å². The van der Waals surface area contributed by atoms with Gasteiger partial charge in [0.05, 0.1) is 5.69 Å². The molecular weight excluding hydrogens is 352 g/mol. The summed E-state index contributed by atoms with van der Waals surface area (Å²) in [6, 6.07) is 4.64. The molecule has 8 heteroatoms. The lowest BCUT2D eigenvalue weighted by Crippen LogP contribution is -2.39. The Bertz CT molecular complexity index is 969. The summed E-state index contributed by atoms with van der Waals surface area (Å²) in [5.41, 5.74) is 2.34. The zero-order valence-electron chi connectivity index (χ0n) is 16.4. The van der Waals surface area contributed by atoms with Gasteiger partial charge in [-0.1, -0.05) is 0 Å². The average molecular weight is 378 g/mol. The molecule has 4 heterocycles. The van der Waals surface area contributed by atoms with E-state index in [0.29, 0.717) is 12.0 Å². The van der Waals surface area contributed by atoms with E-state index < -0.39 is 0 Å². The molecule has 0 bridgehead atoms. The van der Waals surface area contributed by atoms with Crippen LogP contribution in [0, 0.1) is 0 Å². The van der Waals surface area contributed by atoms with Crippen molar-refractivity contribution < 1.29 is 0 Å². The van der Waals surface area contributed by atoms with E-state index in [0.717, 1.165) is 48.9 Å². The van der Waals surface area contributed by atoms with Crippen molar-refractivity contribution in [2.45, 2.75) is 37.6 Å². The minimum absolute atomic E-state index is 0.410. The van der Waals surface area contributed by atoms with Crippen LogP contribution in [0.25, 0.3) is 5.52 Å². The fraction of sp³-hybridized carbons (Fsp3) is 0.500. The van der Waals surface area contributed by atoms with Gasteiger partial charge >= 0.3 is 0 Å². The lowest BCUT2D eigenvalue weighted by Gasteiger charge is -2.33. The van der Waals surface area contributed by atoms with Crippen LogP contribution in [0.3, 0.4) is 0 Å². The smallest absolute Gasteiger partial charge is 0.154 e. The summed E-state index contributed by atoms with van der Waals surface area (Å²) < 4.78 is 1.99. The summed E-state index contributed by atoms with van der Waals surface area (Å²) in [4.78, 5) is 17.7. The maximum absolute atomic E-state index is 4.74. The van der Waals surface area contributed by atoms with Crippen molar-refractivity contribution in [3.05, 3.63) is 36.5 Å². The first kappa shape index (κ1) is 17.2. The maximum atomic E-state index is 4.74. The third-order valence-corrected chi connectivity index (χ3v) is 5.64. The van der Waals surface area contributed by atoms with Gasteiger partial charge in [-0.3, -0.25) is 0 Å². The molecule has 8 nitrogen and oxygen atoms in total. The van der Waals surface area contributed by atoms with Crippen LogP contribution in [-0.4, -0.2) is 57.8 Å². The van der Waals surface area contributed by atoms with Gasteiger partial charge in [-0.15, -0.1) is 0 Å². The quantitative estimate of drug-likeness (QED) is 0.731. The van der Waals surface area contributed by atoms with E-state index in [4.69, 9.17) is 5.10 Å². The Morgan fingerprint density at radius 2 is 1.86 bits per heavy atom. The Kier molecular flexibility index (Phi) is 4.26. The normalized spacial score (nSPS) is 17.9. The first-order valence-corrected chi connectivity index (χ1v) is 10.0. The van der Waals surface area contributed by atoms with E-state index in [1.54, 1.807) is 6.33 Å². The molecule has 2 aliphatic rings. The number of nitrogens with zero attached hydrogens (tertiary/aromatic N) is 7. The second kappa shape index (κ2) is 6.92. The molecule has 0 radical (unpaired) electrons. The standard InChI is InChI=1S/C20H26N8/c1-26(2)19-12-18(22-13-23-19)24-15-5-8-27(9-6-15)20-17-11-16(14-3-4-14)25-28(17)10-7-21-20/h7,10-15H,3-6,8-9H2,1-2H3,(H,22,23,24). The summed E-state index contributed by atoms with van der Waals surface area (Å²) in [5, 5.41) is 8.31. The molecule has 146 valence electrons. The number of nitrogens with one attached hydrogen (secondary N) is 1. The molecule has 28 heavy (non-hydrogen) atoms. The fourth-order valence-electron chi connectivity index (χ4n) is 3.86. The lowest BCUT2D eigenvalue weighted by atomic mass is 10.0. The minimum Gasteiger partial charge on any atom is -0.367 e. The average Bonchev–Trinajstić information content (AvgIpc) is 3.47. The van der Waals surface area contributed by atoms with E-state index in [1.165, 1.54) is 18.5 Å². The molecule has 0 spiro atoms. The van der Waals surface area contributed by atoms with Crippen molar-refractivity contribution in [3.63, 3.8) is 0 Å². The van der Waals surface area contributed by atoms with Crippen molar-refractivity contribution >= 4 is 23.0 Å². The van der Waals surface area contributed by atoms with E-state index >= 15 is 0 Å². The summed E-state index contributed by atoms with van der Waals surface area (Å²) in [6.45, 7) is 1.94. The Hall–Kier alpha value is -2.90. The van der Waals surface area contributed by atoms with E-state index in [9.17, 15) is 0 Å². The van der Waals surface area contributed by atoms with Crippen LogP contribution in [0.1, 0.15) is 37.3 Å². The number of hydrogen-bond acceptors (Lipinski definition) is 7. The number of fused-ring (bicyclic) bond motifs is 1. The zero-order chi connectivity index (χ0) is 19.1. The molecule has 1 aliphatic carbocycles. The number of anilines is 3. The van der Waals surface area contributed by atoms with E-state index in [-0.39, 0.29) is 0 Å². The zero-order valence-corrected chi connectivity index (χ0v) is 16.4. The van der Waals surface area contributed by atoms with Crippen LogP contribution in [-0.2, 0) is 0 Å². The maximum Gasteiger partial charge on any atom is 0.154 e. The SMILES string of the molecule is CN(C)c1cc(NC2CCN(c3nccn4nc(C5CC5)cc34)CC2)ncn1. The van der Waals surface area contributed by atoms with Crippen molar-refractivity contribution in [1.29, 1.82) is 0 Å². The first-order valence-electron chi connectivity index (χ1n) is 10.0. The first-order chi connectivity index (χ1) is 13.7. The van der Waals surface area contributed by atoms with Gasteiger partial charge in [0.15, 0.2) is 5.82 Å². The van der Waals surface area contributed by atoms with Crippen LogP contribution in [0.2, 0.25) is 0 Å². The minimum atomic E-state index is 0.410. The molecule has 1 N–H and O–H groups in total. The van der Waals surface area contributed by atoms with Crippen LogP contribution in [0.15, 0.2) is 30.9 Å². The summed E-state index contributed by atoms with van der Waals surface area (Å²) in [7, 11) is 3.98. The highest BCUT2D eigenvalue weighted by Crippen LogP contribution is 2.40. The lowest BCUT2D eigenvalue weighted by molar-refractivity contribution is 0.522. The number of aromatic nitrogens is 5. The van der Waals surface area contributed by atoms with Crippen molar-refractivity contribution in [3.8, 4) is 0 Å². The van der Waals surface area contributed by atoms with Crippen LogP contribution >= 0.6 is 0 Å². The molecule has 1 aliphatic heterocycles. The molecular formula is C20H26N8. The van der Waals surface area contributed by atoms with Crippen LogP contribution < -0.4 is 15.1 Å². The number of rotatable bonds is 5. The Balaban J connectivity index is 1.27. The van der Waals surface area contributed by atoms with Gasteiger partial charge < -0.3 is 15.1 Å². The molecule has 2 fully saturated rings. The second-order valence-corrected chi connectivity index (χ2v) is 7.99. The van der Waals surface area contributed by atoms with E-state index in [1.807, 2.05) is 42.0 Å². The van der Waals surface area contributed by atoms with Gasteiger partial charge in [0.25, 0.3) is 0 Å². The molecule has 5 rings (SSSR count). The summed E-state index contributed by atoms with van der Waals surface area (Å²) >= 11 is 0. The predicted molar refractivity (Wildman–Crippen MR) is 110 cm³/mol. The largest absolute Gasteiger partial charge is 0.367 e. The highest BCUT2D eigenvalue weighted by Gasteiger charge is 2.28. The molecule has 0 amide bonds. The summed E-state index contributed by atoms with van der Waals surface area (Å²) in [6.07, 6.45) is 10.1. The van der Waals surface area contributed by atoms with Crippen molar-refractivity contribution in [2.24, 2.45) is 0 Å². The third kappa shape index (κ3) is 3.34. The Morgan fingerprint density at radius 3 is 2.61 bits per heavy atom. The molecule has 3 aromatic heterocycles. The van der Waals surface area contributed by atoms with Gasteiger partial charge in [0, 0.05) is 57.6 Å². The predicted octanol–water partition coefficient (Wildman–Crippen LogP) is 2.54. The Labute approximate surface area is 164 Å². The molecule has 0 atom stereocenters. The molecule has 3 aromatic rings. The Morgan fingerprint density at radius 1 is 1.04 bits per heavy atom. The highest BCUT2D eigenvalue weighted by atomic mass is 15.3. The summed E-state index contributed by atoms with van der Waals surface area (Å²) in [5.74, 6) is 3.51. The van der Waals surface area contributed by atoms with Gasteiger partial charge in [-0.2, -0.15) is 5.10 Å². The van der Waals surface area contributed by atoms with Gasteiger partial charge in [0.2, 0.25) is 0 Å². The third-order valence-electron chi connectivity index (χ3n) is 5.64. The number of hydrogen-bond donors (Lipinski definition) is 1. The molecule has 0 aromatic carbocycles. The van der Waals surface area contributed by atoms with E-state index in [2.05, 4.69) is 31.2 Å². The van der Waals surface area contributed by atoms with Gasteiger partial charge in [-0.25, -0.2) is 19.5 Å². The van der Waals surface area contributed by atoms with Crippen LogP contribution in [0.5, 0.6) is 0 Å². The number of piperidine rings is 1. The van der Waals surface area contributed by atoms with Crippen LogP contribution in [0.4, 0.5) is 17.5 Å². The fourth-order valence-corrected chi connectivity index (χ4v) is 3.86.